The summed E-state index contributed by atoms with van der Waals surface area (Å²) in [4.78, 5) is 4.83. The van der Waals surface area contributed by atoms with Gasteiger partial charge in [-0.15, -0.1) is 0 Å². The summed E-state index contributed by atoms with van der Waals surface area (Å²) in [7, 11) is 0. The third kappa shape index (κ3) is 6.26. The molecule has 2 aliphatic carbocycles. The second-order valence-corrected chi connectivity index (χ2v) is 17.7. The van der Waals surface area contributed by atoms with E-state index in [9.17, 15) is 0 Å². The first-order valence-electron chi connectivity index (χ1n) is 23.2. The molecule has 0 aliphatic heterocycles. The standard InChI is InChI=1S/C65H44N2/c1-5-17-45(18-6-1)47-31-34-53(35-32-47)66(51-21-9-3-10-22-51)55-37-39-59-57-25-13-15-27-61(57)65(63(59)43-55)62-28-16-14-26-58(62)60-40-38-56(44-64(60)65)67(52-23-11-4-12-24-52)54-36-33-49-41-48(29-30-50(49)42-54)46-19-7-2-8-20-46/h1-44H. The lowest BCUT2D eigenvalue weighted by atomic mass is 9.70. The van der Waals surface area contributed by atoms with Crippen molar-refractivity contribution >= 4 is 44.9 Å². The molecule has 1 atom stereocenters. The molecule has 0 amide bonds. The number of para-hydroxylation sites is 2. The van der Waals surface area contributed by atoms with Gasteiger partial charge in [-0.25, -0.2) is 0 Å². The molecule has 0 saturated carbocycles. The highest BCUT2D eigenvalue weighted by Gasteiger charge is 2.52. The zero-order valence-corrected chi connectivity index (χ0v) is 36.8. The normalized spacial score (nSPS) is 14.0. The predicted octanol–water partition coefficient (Wildman–Crippen LogP) is 17.5. The molecule has 67 heavy (non-hydrogen) atoms. The first kappa shape index (κ1) is 38.7. The quantitative estimate of drug-likeness (QED) is 0.150. The predicted molar refractivity (Wildman–Crippen MR) is 280 cm³/mol. The number of fused-ring (bicyclic) bond motifs is 11. The molecular weight excluding hydrogens is 809 g/mol. The summed E-state index contributed by atoms with van der Waals surface area (Å²) in [6.45, 7) is 0. The van der Waals surface area contributed by atoms with Crippen LogP contribution in [0.5, 0.6) is 0 Å². The van der Waals surface area contributed by atoms with Gasteiger partial charge in [-0.1, -0.05) is 188 Å². The van der Waals surface area contributed by atoms with Crippen LogP contribution < -0.4 is 9.80 Å². The summed E-state index contributed by atoms with van der Waals surface area (Å²) >= 11 is 0. The van der Waals surface area contributed by atoms with Crippen LogP contribution >= 0.6 is 0 Å². The number of nitrogens with zero attached hydrogens (tertiary/aromatic N) is 2. The largest absolute Gasteiger partial charge is 0.310 e. The van der Waals surface area contributed by atoms with E-state index in [0.717, 1.165) is 34.1 Å². The van der Waals surface area contributed by atoms with Crippen LogP contribution in [0.4, 0.5) is 34.1 Å². The van der Waals surface area contributed by atoms with Crippen molar-refractivity contribution in [2.45, 2.75) is 5.41 Å². The Bertz CT molecular complexity index is 3610. The van der Waals surface area contributed by atoms with E-state index in [1.807, 2.05) is 0 Å². The molecule has 0 bridgehead atoms. The third-order valence-corrected chi connectivity index (χ3v) is 14.0. The highest BCUT2D eigenvalue weighted by molar-refractivity contribution is 5.98. The van der Waals surface area contributed by atoms with E-state index >= 15 is 0 Å². The van der Waals surface area contributed by atoms with Gasteiger partial charge in [0.2, 0.25) is 0 Å². The molecule has 11 aromatic carbocycles. The lowest BCUT2D eigenvalue weighted by Crippen LogP contribution is -2.26. The minimum absolute atomic E-state index is 0.566. The van der Waals surface area contributed by atoms with E-state index in [1.165, 1.54) is 77.5 Å². The van der Waals surface area contributed by atoms with Gasteiger partial charge in [-0.05, 0) is 156 Å². The molecule has 1 spiro atoms. The molecular formula is C65H44N2. The van der Waals surface area contributed by atoms with Crippen LogP contribution in [-0.4, -0.2) is 0 Å². The van der Waals surface area contributed by atoms with Crippen molar-refractivity contribution in [1.29, 1.82) is 0 Å². The van der Waals surface area contributed by atoms with Crippen molar-refractivity contribution in [3.63, 3.8) is 0 Å². The number of rotatable bonds is 8. The summed E-state index contributed by atoms with van der Waals surface area (Å²) in [6.07, 6.45) is 0. The third-order valence-electron chi connectivity index (χ3n) is 14.0. The second-order valence-electron chi connectivity index (χ2n) is 17.7. The van der Waals surface area contributed by atoms with Crippen LogP contribution in [0.15, 0.2) is 267 Å². The summed E-state index contributed by atoms with van der Waals surface area (Å²) in [5.41, 5.74) is 21.3. The molecule has 0 radical (unpaired) electrons. The number of benzene rings is 11. The van der Waals surface area contributed by atoms with Crippen LogP contribution in [0.2, 0.25) is 0 Å². The number of hydrogen-bond donors (Lipinski definition) is 0. The monoisotopic (exact) mass is 852 g/mol. The van der Waals surface area contributed by atoms with Gasteiger partial charge in [-0.2, -0.15) is 0 Å². The Morgan fingerprint density at radius 3 is 1.10 bits per heavy atom. The Kier molecular flexibility index (Phi) is 9.11. The Morgan fingerprint density at radius 2 is 0.552 bits per heavy atom. The van der Waals surface area contributed by atoms with Crippen LogP contribution in [0.25, 0.3) is 55.3 Å². The second kappa shape index (κ2) is 15.8. The van der Waals surface area contributed by atoms with Crippen molar-refractivity contribution in [2.24, 2.45) is 0 Å². The molecule has 0 saturated heterocycles. The van der Waals surface area contributed by atoms with Gasteiger partial charge in [0.25, 0.3) is 0 Å². The topological polar surface area (TPSA) is 6.48 Å². The van der Waals surface area contributed by atoms with Gasteiger partial charge in [0, 0.05) is 34.1 Å². The first-order chi connectivity index (χ1) is 33.2. The first-order valence-corrected chi connectivity index (χ1v) is 23.2. The van der Waals surface area contributed by atoms with E-state index < -0.39 is 5.41 Å². The fourth-order valence-electron chi connectivity index (χ4n) is 11.1. The molecule has 0 heterocycles. The molecule has 2 nitrogen and oxygen atoms in total. The van der Waals surface area contributed by atoms with Gasteiger partial charge in [-0.3, -0.25) is 0 Å². The molecule has 314 valence electrons. The van der Waals surface area contributed by atoms with E-state index in [2.05, 4.69) is 277 Å². The molecule has 13 rings (SSSR count). The van der Waals surface area contributed by atoms with E-state index in [0.29, 0.717) is 0 Å². The summed E-state index contributed by atoms with van der Waals surface area (Å²) in [6, 6.07) is 98.1. The lowest BCUT2D eigenvalue weighted by Gasteiger charge is -2.33. The zero-order valence-electron chi connectivity index (χ0n) is 36.8. The minimum Gasteiger partial charge on any atom is -0.310 e. The van der Waals surface area contributed by atoms with Crippen LogP contribution in [0.1, 0.15) is 22.3 Å². The molecule has 11 aromatic rings. The van der Waals surface area contributed by atoms with Crippen molar-refractivity contribution in [3.8, 4) is 44.5 Å². The average molecular weight is 853 g/mol. The van der Waals surface area contributed by atoms with Gasteiger partial charge in [0.1, 0.15) is 0 Å². The molecule has 0 aromatic heterocycles. The van der Waals surface area contributed by atoms with Crippen molar-refractivity contribution < 1.29 is 0 Å². The molecule has 0 N–H and O–H groups in total. The maximum atomic E-state index is 2.49. The number of anilines is 6. The van der Waals surface area contributed by atoms with Crippen molar-refractivity contribution in [2.75, 3.05) is 9.80 Å². The average Bonchev–Trinajstić information content (AvgIpc) is 3.87. The Hall–Kier alpha value is -8.72. The Labute approximate surface area is 391 Å². The van der Waals surface area contributed by atoms with Crippen LogP contribution in [-0.2, 0) is 5.41 Å². The summed E-state index contributed by atoms with van der Waals surface area (Å²) in [5.74, 6) is 0. The molecule has 0 fully saturated rings. The highest BCUT2D eigenvalue weighted by Crippen LogP contribution is 2.64. The maximum absolute atomic E-state index is 2.49. The molecule has 1 unspecified atom stereocenters. The summed E-state index contributed by atoms with van der Waals surface area (Å²) in [5, 5.41) is 2.42. The van der Waals surface area contributed by atoms with Crippen LogP contribution in [0.3, 0.4) is 0 Å². The summed E-state index contributed by atoms with van der Waals surface area (Å²) < 4.78 is 0. The molecule has 2 heteroatoms. The van der Waals surface area contributed by atoms with E-state index in [-0.39, 0.29) is 0 Å². The number of hydrogen-bond acceptors (Lipinski definition) is 2. The fourth-order valence-corrected chi connectivity index (χ4v) is 11.1. The highest BCUT2D eigenvalue weighted by atomic mass is 15.1. The van der Waals surface area contributed by atoms with Crippen LogP contribution in [0, 0.1) is 0 Å². The fraction of sp³-hybridized carbons (Fsp3) is 0.0154. The zero-order chi connectivity index (χ0) is 44.3. The van der Waals surface area contributed by atoms with Crippen molar-refractivity contribution in [3.05, 3.63) is 289 Å². The Balaban J connectivity index is 1.00. The van der Waals surface area contributed by atoms with Gasteiger partial charge >= 0.3 is 0 Å². The van der Waals surface area contributed by atoms with E-state index in [1.54, 1.807) is 0 Å². The minimum atomic E-state index is -0.566. The lowest BCUT2D eigenvalue weighted by molar-refractivity contribution is 0.793. The van der Waals surface area contributed by atoms with Gasteiger partial charge in [0.05, 0.1) is 5.41 Å². The van der Waals surface area contributed by atoms with Crippen molar-refractivity contribution in [1.82, 2.24) is 0 Å². The SMILES string of the molecule is c1ccc(-c2ccc(N(c3ccccc3)c3ccc4c(c3)C3(c5ccccc5-4)c4ccccc4-c4ccc(N(c5ccccc5)c5ccc6cc(-c7ccccc7)ccc6c5)cc43)cc2)cc1. The van der Waals surface area contributed by atoms with Gasteiger partial charge < -0.3 is 9.80 Å². The maximum Gasteiger partial charge on any atom is 0.0727 e. The molecule has 2 aliphatic rings. The van der Waals surface area contributed by atoms with E-state index in [4.69, 9.17) is 0 Å². The smallest absolute Gasteiger partial charge is 0.0727 e. The Morgan fingerprint density at radius 1 is 0.209 bits per heavy atom. The van der Waals surface area contributed by atoms with Gasteiger partial charge in [0.15, 0.2) is 0 Å².